The molecule has 0 aliphatic heterocycles. The molecular formula is C13H16N2O2. The van der Waals surface area contributed by atoms with Crippen molar-refractivity contribution >= 4 is 5.69 Å². The molecule has 4 heteroatoms. The molecule has 1 N–H and O–H groups in total. The lowest BCUT2D eigenvalue weighted by Gasteiger charge is -2.16. The van der Waals surface area contributed by atoms with Crippen molar-refractivity contribution in [2.24, 2.45) is 0 Å². The van der Waals surface area contributed by atoms with Crippen LogP contribution in [0.3, 0.4) is 0 Å². The zero-order valence-corrected chi connectivity index (χ0v) is 9.85. The van der Waals surface area contributed by atoms with Crippen LogP contribution in [0.2, 0.25) is 0 Å². The molecule has 0 aromatic heterocycles. The van der Waals surface area contributed by atoms with Gasteiger partial charge in [0.1, 0.15) is 0 Å². The first-order chi connectivity index (χ1) is 8.19. The van der Waals surface area contributed by atoms with E-state index in [0.29, 0.717) is 6.54 Å². The van der Waals surface area contributed by atoms with Crippen molar-refractivity contribution in [2.75, 3.05) is 6.54 Å². The topological polar surface area (TPSA) is 55.2 Å². The molecule has 4 nitrogen and oxygen atoms in total. The fourth-order valence-corrected chi connectivity index (χ4v) is 1.71. The van der Waals surface area contributed by atoms with Gasteiger partial charge < -0.3 is 0 Å². The molecule has 0 heterocycles. The molecule has 0 amide bonds. The zero-order valence-electron chi connectivity index (χ0n) is 9.85. The number of hydrogen-bond donors (Lipinski definition) is 1. The van der Waals surface area contributed by atoms with E-state index < -0.39 is 0 Å². The van der Waals surface area contributed by atoms with Gasteiger partial charge >= 0.3 is 0 Å². The summed E-state index contributed by atoms with van der Waals surface area (Å²) in [6.45, 7) is 2.54. The number of benzene rings is 1. The van der Waals surface area contributed by atoms with Crippen LogP contribution in [-0.2, 0) is 0 Å². The highest BCUT2D eigenvalue weighted by molar-refractivity contribution is 5.35. The molecule has 0 fully saturated rings. The van der Waals surface area contributed by atoms with E-state index in [1.165, 1.54) is 6.07 Å². The lowest BCUT2D eigenvalue weighted by molar-refractivity contribution is -0.384. The van der Waals surface area contributed by atoms with Gasteiger partial charge in [-0.15, -0.1) is 6.42 Å². The Balaban J connectivity index is 2.89. The number of nitrogens with one attached hydrogen (secondary N) is 1. The summed E-state index contributed by atoms with van der Waals surface area (Å²) in [6.07, 6.45) is 7.11. The largest absolute Gasteiger partial charge is 0.299 e. The molecule has 1 aromatic rings. The number of nitrogens with zero attached hydrogens (tertiary/aromatic N) is 1. The summed E-state index contributed by atoms with van der Waals surface area (Å²) in [5.74, 6) is 2.52. The molecule has 90 valence electrons. The minimum atomic E-state index is -0.381. The number of nitro benzene ring substituents is 1. The molecule has 0 aliphatic carbocycles. The first kappa shape index (κ1) is 13.2. The van der Waals surface area contributed by atoms with Crippen molar-refractivity contribution in [3.63, 3.8) is 0 Å². The lowest BCUT2D eigenvalue weighted by atomic mass is 10.0. The monoisotopic (exact) mass is 232 g/mol. The van der Waals surface area contributed by atoms with Gasteiger partial charge in [0.25, 0.3) is 5.69 Å². The van der Waals surface area contributed by atoms with E-state index in [4.69, 9.17) is 6.42 Å². The zero-order chi connectivity index (χ0) is 12.7. The number of terminal acetylenes is 1. The van der Waals surface area contributed by atoms with E-state index in [2.05, 4.69) is 18.2 Å². The van der Waals surface area contributed by atoms with Crippen molar-refractivity contribution in [1.29, 1.82) is 0 Å². The van der Waals surface area contributed by atoms with Crippen LogP contribution in [0.25, 0.3) is 0 Å². The van der Waals surface area contributed by atoms with Crippen LogP contribution in [0.5, 0.6) is 0 Å². The van der Waals surface area contributed by atoms with Crippen molar-refractivity contribution in [3.8, 4) is 12.3 Å². The molecule has 0 aliphatic rings. The summed E-state index contributed by atoms with van der Waals surface area (Å²) in [5.41, 5.74) is 1.03. The Hall–Kier alpha value is -1.86. The summed E-state index contributed by atoms with van der Waals surface area (Å²) >= 11 is 0. The van der Waals surface area contributed by atoms with Crippen LogP contribution in [0.1, 0.15) is 31.4 Å². The minimum Gasteiger partial charge on any atom is -0.299 e. The summed E-state index contributed by atoms with van der Waals surface area (Å²) in [7, 11) is 0. The number of hydrogen-bond acceptors (Lipinski definition) is 3. The maximum Gasteiger partial charge on any atom is 0.269 e. The third-order valence-corrected chi connectivity index (χ3v) is 2.51. The van der Waals surface area contributed by atoms with Crippen LogP contribution >= 0.6 is 0 Å². The van der Waals surface area contributed by atoms with Crippen molar-refractivity contribution in [2.45, 2.75) is 25.8 Å². The maximum atomic E-state index is 10.7. The summed E-state index contributed by atoms with van der Waals surface area (Å²) < 4.78 is 0. The highest BCUT2D eigenvalue weighted by Crippen LogP contribution is 2.22. The van der Waals surface area contributed by atoms with Gasteiger partial charge in [-0.1, -0.05) is 31.4 Å². The van der Waals surface area contributed by atoms with E-state index in [1.54, 1.807) is 12.1 Å². The summed E-state index contributed by atoms with van der Waals surface area (Å²) in [6, 6.07) is 6.76. The number of non-ortho nitro benzene ring substituents is 1. The van der Waals surface area contributed by atoms with Crippen LogP contribution < -0.4 is 5.32 Å². The first-order valence-electron chi connectivity index (χ1n) is 5.60. The molecule has 0 spiro atoms. The molecule has 1 rings (SSSR count). The van der Waals surface area contributed by atoms with Gasteiger partial charge in [0.05, 0.1) is 11.5 Å². The molecule has 0 bridgehead atoms. The standard InChI is InChI=1S/C13H16N2O2/c1-3-6-13(14-9-4-2)11-7-5-8-12(10-11)15(16)17/h2,5,7-8,10,13-14H,3,6,9H2,1H3. The maximum absolute atomic E-state index is 10.7. The Morgan fingerprint density at radius 1 is 1.59 bits per heavy atom. The predicted molar refractivity (Wildman–Crippen MR) is 67.6 cm³/mol. The number of rotatable bonds is 6. The lowest BCUT2D eigenvalue weighted by Crippen LogP contribution is -2.21. The molecule has 17 heavy (non-hydrogen) atoms. The Kier molecular flexibility index (Phi) is 5.18. The van der Waals surface area contributed by atoms with E-state index in [-0.39, 0.29) is 16.7 Å². The molecule has 0 saturated heterocycles. The Morgan fingerprint density at radius 2 is 2.35 bits per heavy atom. The van der Waals surface area contributed by atoms with Crippen molar-refractivity contribution in [1.82, 2.24) is 5.32 Å². The second-order valence-electron chi connectivity index (χ2n) is 3.78. The SMILES string of the molecule is C#CCNC(CCC)c1cccc([N+](=O)[O-])c1. The van der Waals surface area contributed by atoms with Gasteiger partial charge in [-0.2, -0.15) is 0 Å². The first-order valence-corrected chi connectivity index (χ1v) is 5.60. The average Bonchev–Trinajstić information content (AvgIpc) is 2.34. The molecule has 1 unspecified atom stereocenters. The molecular weight excluding hydrogens is 216 g/mol. The number of nitro groups is 1. The molecule has 1 atom stereocenters. The van der Waals surface area contributed by atoms with Gasteiger partial charge in [0.2, 0.25) is 0 Å². The summed E-state index contributed by atoms with van der Waals surface area (Å²) in [5, 5.41) is 13.9. The second-order valence-corrected chi connectivity index (χ2v) is 3.78. The highest BCUT2D eigenvalue weighted by atomic mass is 16.6. The van der Waals surface area contributed by atoms with Crippen LogP contribution in [0.15, 0.2) is 24.3 Å². The smallest absolute Gasteiger partial charge is 0.269 e. The quantitative estimate of drug-likeness (QED) is 0.466. The van der Waals surface area contributed by atoms with Crippen LogP contribution in [0, 0.1) is 22.5 Å². The Bertz CT molecular complexity index is 424. The second kappa shape index (κ2) is 6.66. The highest BCUT2D eigenvalue weighted by Gasteiger charge is 2.13. The predicted octanol–water partition coefficient (Wildman–Crippen LogP) is 2.66. The normalized spacial score (nSPS) is 11.8. The Morgan fingerprint density at radius 3 is 2.94 bits per heavy atom. The fourth-order valence-electron chi connectivity index (χ4n) is 1.71. The van der Waals surface area contributed by atoms with E-state index in [0.717, 1.165) is 18.4 Å². The summed E-state index contributed by atoms with van der Waals surface area (Å²) in [4.78, 5) is 10.3. The minimum absolute atomic E-state index is 0.0796. The van der Waals surface area contributed by atoms with Crippen LogP contribution in [-0.4, -0.2) is 11.5 Å². The van der Waals surface area contributed by atoms with E-state index in [9.17, 15) is 10.1 Å². The average molecular weight is 232 g/mol. The van der Waals surface area contributed by atoms with Crippen LogP contribution in [0.4, 0.5) is 5.69 Å². The van der Waals surface area contributed by atoms with Gasteiger partial charge in [-0.3, -0.25) is 15.4 Å². The van der Waals surface area contributed by atoms with Gasteiger partial charge in [-0.05, 0) is 12.0 Å². The van der Waals surface area contributed by atoms with E-state index >= 15 is 0 Å². The van der Waals surface area contributed by atoms with Gasteiger partial charge in [0, 0.05) is 18.2 Å². The third kappa shape index (κ3) is 3.89. The van der Waals surface area contributed by atoms with E-state index in [1.807, 2.05) is 6.07 Å². The fraction of sp³-hybridized carbons (Fsp3) is 0.385. The van der Waals surface area contributed by atoms with Gasteiger partial charge in [-0.25, -0.2) is 0 Å². The van der Waals surface area contributed by atoms with Crippen molar-refractivity contribution in [3.05, 3.63) is 39.9 Å². The van der Waals surface area contributed by atoms with Crippen molar-refractivity contribution < 1.29 is 4.92 Å². The molecule has 0 saturated carbocycles. The van der Waals surface area contributed by atoms with Gasteiger partial charge in [0.15, 0.2) is 0 Å². The molecule has 0 radical (unpaired) electrons. The molecule has 1 aromatic carbocycles. The third-order valence-electron chi connectivity index (χ3n) is 2.51. The Labute approximate surface area is 101 Å².